The SMILES string of the molecule is C.C#CC#CC#Cn1c2c[c]([Sn]([CH3])([CH3])[CH3])sc2c2s[c]([Sn]([CH3])([CH3])[CH3])cc21.CCCCCCCCCCCCCCCCCCCCn1c2ccccc2c2ccc(-c3nc4c(Br)ccc(Br)c4nc3-c3ccccc3)cc21.CCCCCCCCCCCCCCCCCCCCn1c2ccccc2c2ccc(-c3nc4c(C)ccc(-c5cc6c(s5)c5sc(C)cc5n6CCCCCCCC)c4nc3-c3ccccc3)cc21.[HH].[HH].[HH].[HH].[HH].[HH].[HH].[HH]. The van der Waals surface area contributed by atoms with Gasteiger partial charge in [-0.05, 0) is 119 Å². The Labute approximate surface area is 933 Å². The Kier molecular flexibility index (Phi) is 43.2. The molecular weight excluding hydrogens is 2210 g/mol. The molecule has 0 saturated carbocycles. The molecule has 0 aliphatic carbocycles. The van der Waals surface area contributed by atoms with Gasteiger partial charge in [0.25, 0.3) is 0 Å². The number of aromatic nitrogens is 8. The smallest absolute Gasteiger partial charge is 0.105 e. The first kappa shape index (κ1) is 113. The number of fused-ring (bicyclic) bond motifs is 14. The molecule has 0 radical (unpaired) electrons. The van der Waals surface area contributed by atoms with Gasteiger partial charge in [-0.25, -0.2) is 19.9 Å². The van der Waals surface area contributed by atoms with E-state index in [1.807, 2.05) is 57.5 Å². The van der Waals surface area contributed by atoms with E-state index in [0.717, 1.165) is 101 Å². The molecule has 18 aromatic rings. The monoisotopic (exact) mass is 2390 g/mol. The van der Waals surface area contributed by atoms with E-state index in [4.69, 9.17) is 26.4 Å². The van der Waals surface area contributed by atoms with Gasteiger partial charge in [-0.3, -0.25) is 0 Å². The Hall–Kier alpha value is -8.32. The first-order chi connectivity index (χ1) is 71.3. The van der Waals surface area contributed by atoms with Crippen molar-refractivity contribution in [1.82, 2.24) is 38.2 Å². The summed E-state index contributed by atoms with van der Waals surface area (Å²) in [4.78, 5) is 39.3. The van der Waals surface area contributed by atoms with Crippen LogP contribution < -0.4 is 5.79 Å². The van der Waals surface area contributed by atoms with Crippen molar-refractivity contribution in [3.8, 4) is 91.6 Å². The van der Waals surface area contributed by atoms with Gasteiger partial charge in [-0.2, -0.15) is 0 Å². The van der Waals surface area contributed by atoms with Gasteiger partial charge in [-0.15, -0.1) is 22.7 Å². The fourth-order valence-corrected chi connectivity index (χ4v) is 37.4. The number of hydrogen-bond donors (Lipinski definition) is 0. The summed E-state index contributed by atoms with van der Waals surface area (Å²) in [5.41, 5.74) is 24.5. The van der Waals surface area contributed by atoms with Crippen LogP contribution in [0.1, 0.15) is 320 Å². The van der Waals surface area contributed by atoms with Crippen molar-refractivity contribution in [3.63, 3.8) is 0 Å². The van der Waals surface area contributed by atoms with Crippen LogP contribution >= 0.6 is 77.2 Å². The molecule has 0 bridgehead atoms. The molecule has 0 amide bonds. The maximum absolute atomic E-state index is 5.69. The maximum atomic E-state index is 5.69. The Morgan fingerprint density at radius 1 is 0.299 bits per heavy atom. The molecule has 8 aromatic carbocycles. The summed E-state index contributed by atoms with van der Waals surface area (Å²) in [5, 5.41) is 5.27. The Morgan fingerprint density at radius 3 is 1.03 bits per heavy atom. The van der Waals surface area contributed by atoms with Crippen LogP contribution in [0.2, 0.25) is 29.6 Å². The third-order valence-electron chi connectivity index (χ3n) is 29.7. The minimum atomic E-state index is -2.10. The van der Waals surface area contributed by atoms with E-state index >= 15 is 0 Å². The topological polar surface area (TPSA) is 71.3 Å². The molecule has 147 heavy (non-hydrogen) atoms. The zero-order valence-electron chi connectivity index (χ0n) is 89.3. The van der Waals surface area contributed by atoms with Gasteiger partial charge in [0.05, 0.1) is 54.2 Å². The van der Waals surface area contributed by atoms with E-state index in [9.17, 15) is 0 Å². The van der Waals surface area contributed by atoms with E-state index < -0.39 is 36.8 Å². The molecule has 16 heteroatoms. The summed E-state index contributed by atoms with van der Waals surface area (Å²) in [6.45, 7) is 14.5. The first-order valence-electron chi connectivity index (χ1n) is 56.0. The summed E-state index contributed by atoms with van der Waals surface area (Å²) in [6.07, 6.45) is 63.3. The van der Waals surface area contributed by atoms with Gasteiger partial charge in [-0.1, -0.05) is 412 Å². The molecule has 0 fully saturated rings. The average molecular weight is 2390 g/mol. The predicted octanol–water partition coefficient (Wildman–Crippen LogP) is 43.7. The summed E-state index contributed by atoms with van der Waals surface area (Å²) in [7, 11) is 0. The number of para-hydroxylation sites is 2. The molecule has 0 aliphatic heterocycles. The molecular formula is C131H176Br2N8S4Sn2. The number of terminal acetylenes is 1. The van der Waals surface area contributed by atoms with Crippen LogP contribution in [0, 0.1) is 50.0 Å². The minimum Gasteiger partial charge on any atom is -0.340 e. The van der Waals surface area contributed by atoms with Crippen LogP contribution in [0.3, 0.4) is 0 Å². The van der Waals surface area contributed by atoms with Crippen molar-refractivity contribution in [2.45, 2.75) is 361 Å². The van der Waals surface area contributed by atoms with E-state index in [-0.39, 0.29) is 18.8 Å². The number of hydrogen-bond acceptors (Lipinski definition) is 8. The molecule has 10 aromatic heterocycles. The standard InChI is InChI=1S/C64H80N4S2.C46H55Br2N3.C14H3NS2.CH4.6CH3.2Sn.8H2/c1-5-7-9-11-13-14-15-16-17-18-19-20-21-22-23-24-26-32-42-67-54-37-31-30-36-51(54)52-41-39-50(45-55(52)67)61-60(49-34-28-27-29-35-49)66-62-53(40-38-47(3)59(62)65-61)58-46-57-64(70-58)63-56(44-48(4)69-63)68(57)43-33-25-12-10-8-6-2;1-2-3-4-5-6-7-8-9-10-11-12-13-14-15-16-17-18-24-33-51-41-28-23-22-27-37(41)38-30-29-36(34-42(38)51)44-43(35-25-20-19-21-26-35)49-45-39(47)31-32-40(48)46(45)50-44;1-2-3-4-5-8-15-11-6-9-16-13(11)14-12(15)7-10-17-14;;;;;;;;;;;;;;;;;/h27-31,34-41,44-46H,5-26,32-33,42-43H2,1-4H3;19-23,25-32,34H,2-18,24,33H2,1H3;1,6-7H;1H4;6*1H3;;;8*1H. The third-order valence-corrected chi connectivity index (χ3v) is 54.6. The second-order valence-electron chi connectivity index (χ2n) is 43.2. The number of halogens is 2. The van der Waals surface area contributed by atoms with E-state index in [0.29, 0.717) is 0 Å². The van der Waals surface area contributed by atoms with Crippen molar-refractivity contribution in [2.24, 2.45) is 0 Å². The number of rotatable bonds is 52. The zero-order chi connectivity index (χ0) is 102. The van der Waals surface area contributed by atoms with E-state index in [2.05, 4.69) is 326 Å². The Balaban J connectivity index is 0.000000335. The van der Waals surface area contributed by atoms with Crippen molar-refractivity contribution in [2.75, 3.05) is 0 Å². The van der Waals surface area contributed by atoms with Crippen LogP contribution in [0.15, 0.2) is 203 Å². The quantitative estimate of drug-likeness (QED) is 0.0216. The van der Waals surface area contributed by atoms with Gasteiger partial charge in [0.15, 0.2) is 0 Å². The molecule has 0 unspecified atom stereocenters. The van der Waals surface area contributed by atoms with Crippen LogP contribution in [0.25, 0.3) is 162 Å². The number of thiophene rings is 4. The Bertz CT molecular complexity index is 7520. The van der Waals surface area contributed by atoms with E-state index in [1.165, 1.54) is 369 Å². The van der Waals surface area contributed by atoms with Crippen LogP contribution in [0.5, 0.6) is 0 Å². The number of nitrogens with zero attached hydrogens (tertiary/aromatic N) is 8. The molecule has 786 valence electrons. The van der Waals surface area contributed by atoms with Crippen LogP contribution in [-0.2, 0) is 19.6 Å². The molecule has 18 rings (SSSR count). The van der Waals surface area contributed by atoms with E-state index in [1.54, 1.807) is 5.79 Å². The average Bonchev–Trinajstić information content (AvgIpc) is 1.57. The van der Waals surface area contributed by atoms with Crippen LogP contribution in [-0.4, -0.2) is 75.0 Å². The number of unbranched alkanes of at least 4 members (excludes halogenated alkanes) is 39. The second-order valence-corrected chi connectivity index (χ2v) is 80.1. The summed E-state index contributed by atoms with van der Waals surface area (Å²) < 4.78 is 20.6. The second kappa shape index (κ2) is 56.3. The molecule has 10 heterocycles. The molecule has 0 N–H and O–H groups in total. The van der Waals surface area contributed by atoms with Gasteiger partial charge in [0.2, 0.25) is 0 Å². The largest absolute Gasteiger partial charge is 0.340 e. The van der Waals surface area contributed by atoms with Gasteiger partial charge in [0, 0.05) is 121 Å². The normalized spacial score (nSPS) is 11.8. The zero-order valence-corrected chi connectivity index (χ0v) is 101. The summed E-state index contributed by atoms with van der Waals surface area (Å²) in [6, 6.07) is 74.5. The van der Waals surface area contributed by atoms with Crippen molar-refractivity contribution in [1.29, 1.82) is 0 Å². The van der Waals surface area contributed by atoms with Gasteiger partial charge in [0.1, 0.15) is 11.0 Å². The van der Waals surface area contributed by atoms with Crippen molar-refractivity contribution >= 4 is 226 Å². The molecule has 0 spiro atoms. The molecule has 8 nitrogen and oxygen atoms in total. The fraction of sp³-hybridized carbons (Fsp3) is 0.435. The van der Waals surface area contributed by atoms with Crippen molar-refractivity contribution < 1.29 is 11.4 Å². The summed E-state index contributed by atoms with van der Waals surface area (Å²) in [5.74, 6) is 10.6. The summed E-state index contributed by atoms with van der Waals surface area (Å²) >= 11 is 11.1. The first-order valence-corrected chi connectivity index (χ1v) is 80.8. The van der Waals surface area contributed by atoms with Crippen molar-refractivity contribution in [3.05, 3.63) is 214 Å². The minimum absolute atomic E-state index is 0. The third kappa shape index (κ3) is 29.0. The predicted molar refractivity (Wildman–Crippen MR) is 681 cm³/mol. The molecule has 0 atom stereocenters. The van der Waals surface area contributed by atoms with Crippen LogP contribution in [0.4, 0.5) is 0 Å². The number of aryl methyl sites for hydroxylation is 5. The van der Waals surface area contributed by atoms with Gasteiger partial charge < -0.3 is 13.7 Å². The molecule has 0 saturated heterocycles. The van der Waals surface area contributed by atoms with Gasteiger partial charge >= 0.3 is 168 Å². The Morgan fingerprint density at radius 2 is 0.633 bits per heavy atom. The maximum Gasteiger partial charge on any atom is 0.105 e. The molecule has 0 aliphatic rings. The number of benzene rings is 8. The fourth-order valence-electron chi connectivity index (χ4n) is 21.5.